The molecule has 0 atom stereocenters. The minimum absolute atomic E-state index is 0.0448. The fourth-order valence-electron chi connectivity index (χ4n) is 1.33. The molecule has 5 heteroatoms. The maximum absolute atomic E-state index is 11.4. The highest BCUT2D eigenvalue weighted by molar-refractivity contribution is 6.42. The van der Waals surface area contributed by atoms with Crippen molar-refractivity contribution in [1.29, 1.82) is 0 Å². The van der Waals surface area contributed by atoms with Crippen molar-refractivity contribution in [1.82, 2.24) is 5.43 Å². The van der Waals surface area contributed by atoms with Crippen molar-refractivity contribution in [2.45, 2.75) is 6.42 Å². The molecule has 0 bridgehead atoms. The van der Waals surface area contributed by atoms with Gasteiger partial charge >= 0.3 is 0 Å². The van der Waals surface area contributed by atoms with Crippen LogP contribution in [0.1, 0.15) is 6.42 Å². The van der Waals surface area contributed by atoms with Gasteiger partial charge in [-0.2, -0.15) is 0 Å². The van der Waals surface area contributed by atoms with Gasteiger partial charge in [0.15, 0.2) is 0 Å². The lowest BCUT2D eigenvalue weighted by atomic mass is 10.3. The monoisotopic (exact) mass is 230 g/mol. The summed E-state index contributed by atoms with van der Waals surface area (Å²) in [4.78, 5) is 11.4. The number of anilines is 1. The van der Waals surface area contributed by atoms with E-state index in [0.29, 0.717) is 23.0 Å². The van der Waals surface area contributed by atoms with Crippen LogP contribution in [-0.4, -0.2) is 12.5 Å². The van der Waals surface area contributed by atoms with E-state index in [2.05, 4.69) is 5.43 Å². The smallest absolute Gasteiger partial charge is 0.242 e. The van der Waals surface area contributed by atoms with Crippen LogP contribution in [0.4, 0.5) is 5.69 Å². The van der Waals surface area contributed by atoms with Gasteiger partial charge in [-0.1, -0.05) is 23.2 Å². The molecule has 1 aliphatic rings. The van der Waals surface area contributed by atoms with Crippen molar-refractivity contribution in [3.05, 3.63) is 28.2 Å². The number of hydrogen-bond donors (Lipinski definition) is 1. The third-order valence-electron chi connectivity index (χ3n) is 2.02. The van der Waals surface area contributed by atoms with E-state index in [-0.39, 0.29) is 5.91 Å². The van der Waals surface area contributed by atoms with Gasteiger partial charge < -0.3 is 0 Å². The first-order valence-corrected chi connectivity index (χ1v) is 4.95. The fraction of sp³-hybridized carbons (Fsp3) is 0.222. The van der Waals surface area contributed by atoms with Gasteiger partial charge in [0.2, 0.25) is 5.91 Å². The maximum Gasteiger partial charge on any atom is 0.242 e. The Bertz CT molecular complexity index is 381. The van der Waals surface area contributed by atoms with Gasteiger partial charge in [0.25, 0.3) is 0 Å². The number of hydrogen-bond acceptors (Lipinski definition) is 2. The summed E-state index contributed by atoms with van der Waals surface area (Å²) < 4.78 is 0. The van der Waals surface area contributed by atoms with Gasteiger partial charge in [-0.05, 0) is 18.2 Å². The van der Waals surface area contributed by atoms with Crippen molar-refractivity contribution in [2.75, 3.05) is 11.6 Å². The lowest BCUT2D eigenvalue weighted by Gasteiger charge is -2.15. The molecular formula is C9H8Cl2N2O. The molecule has 74 valence electrons. The summed E-state index contributed by atoms with van der Waals surface area (Å²) in [5.41, 5.74) is 3.68. The molecule has 1 saturated heterocycles. The number of benzene rings is 1. The Morgan fingerprint density at radius 1 is 1.29 bits per heavy atom. The maximum atomic E-state index is 11.4. The first-order chi connectivity index (χ1) is 6.68. The molecule has 0 aliphatic carbocycles. The van der Waals surface area contributed by atoms with Crippen LogP contribution in [0.15, 0.2) is 18.2 Å². The average molecular weight is 231 g/mol. The number of nitrogens with one attached hydrogen (secondary N) is 1. The number of carbonyl (C=O) groups excluding carboxylic acids is 1. The predicted octanol–water partition coefficient (Wildman–Crippen LogP) is 2.23. The minimum Gasteiger partial charge on any atom is -0.273 e. The van der Waals surface area contributed by atoms with Crippen molar-refractivity contribution in [3.8, 4) is 0 Å². The van der Waals surface area contributed by atoms with E-state index in [0.717, 1.165) is 5.69 Å². The van der Waals surface area contributed by atoms with Gasteiger partial charge in [-0.3, -0.25) is 4.79 Å². The third kappa shape index (κ3) is 1.71. The molecule has 1 amide bonds. The number of rotatable bonds is 1. The summed E-state index contributed by atoms with van der Waals surface area (Å²) in [7, 11) is 0. The molecule has 1 aliphatic heterocycles. The molecular weight excluding hydrogens is 223 g/mol. The van der Waals surface area contributed by atoms with Gasteiger partial charge in [0.05, 0.1) is 15.7 Å². The van der Waals surface area contributed by atoms with Crippen LogP contribution in [0, 0.1) is 0 Å². The largest absolute Gasteiger partial charge is 0.273 e. The zero-order valence-corrected chi connectivity index (χ0v) is 8.77. The summed E-state index contributed by atoms with van der Waals surface area (Å²) in [6.07, 6.45) is 0.514. The number of amides is 1. The first kappa shape index (κ1) is 9.77. The molecule has 2 rings (SSSR count). The molecule has 0 saturated carbocycles. The fourth-order valence-corrected chi connectivity index (χ4v) is 1.63. The molecule has 1 fully saturated rings. The Morgan fingerprint density at radius 3 is 2.64 bits per heavy atom. The van der Waals surface area contributed by atoms with E-state index in [1.807, 2.05) is 0 Å². The molecule has 0 radical (unpaired) electrons. The highest BCUT2D eigenvalue weighted by Gasteiger charge is 2.21. The topological polar surface area (TPSA) is 32.3 Å². The second-order valence-electron chi connectivity index (χ2n) is 2.99. The number of nitrogens with zero attached hydrogens (tertiary/aromatic N) is 1. The molecule has 1 aromatic carbocycles. The Labute approximate surface area is 91.6 Å². The van der Waals surface area contributed by atoms with Crippen molar-refractivity contribution in [2.24, 2.45) is 0 Å². The zero-order chi connectivity index (χ0) is 10.1. The Hall–Kier alpha value is -0.770. The Morgan fingerprint density at radius 2 is 2.07 bits per heavy atom. The second kappa shape index (κ2) is 3.77. The molecule has 0 unspecified atom stereocenters. The van der Waals surface area contributed by atoms with Gasteiger partial charge in [-0.15, -0.1) is 0 Å². The number of carbonyl (C=O) groups is 1. The van der Waals surface area contributed by atoms with Crippen molar-refractivity contribution < 1.29 is 4.79 Å². The molecule has 0 spiro atoms. The summed E-state index contributed by atoms with van der Waals surface area (Å²) in [6, 6.07) is 5.09. The Kier molecular flexibility index (Phi) is 2.63. The highest BCUT2D eigenvalue weighted by Crippen LogP contribution is 2.27. The van der Waals surface area contributed by atoms with Gasteiger partial charge in [0, 0.05) is 13.0 Å². The zero-order valence-electron chi connectivity index (χ0n) is 7.26. The van der Waals surface area contributed by atoms with Gasteiger partial charge in [-0.25, -0.2) is 10.4 Å². The van der Waals surface area contributed by atoms with Crippen molar-refractivity contribution in [3.63, 3.8) is 0 Å². The quantitative estimate of drug-likeness (QED) is 0.803. The summed E-state index contributed by atoms with van der Waals surface area (Å²) in [5.74, 6) is 0.0448. The molecule has 1 aromatic rings. The standard InChI is InChI=1S/C9H8Cl2N2O/c10-7-2-1-6(5-8(7)11)13-9(14)3-4-12-13/h1-2,5,12H,3-4H2. The van der Waals surface area contributed by atoms with Crippen molar-refractivity contribution >= 4 is 34.8 Å². The van der Waals surface area contributed by atoms with E-state index in [9.17, 15) is 4.79 Å². The van der Waals surface area contributed by atoms with Crippen LogP contribution in [-0.2, 0) is 4.79 Å². The van der Waals surface area contributed by atoms with Crippen LogP contribution < -0.4 is 10.4 Å². The molecule has 1 N–H and O–H groups in total. The molecule has 14 heavy (non-hydrogen) atoms. The SMILES string of the molecule is O=C1CCNN1c1ccc(Cl)c(Cl)c1. The summed E-state index contributed by atoms with van der Waals surface area (Å²) in [6.45, 7) is 0.666. The van der Waals surface area contributed by atoms with E-state index in [4.69, 9.17) is 23.2 Å². The van der Waals surface area contributed by atoms with E-state index >= 15 is 0 Å². The number of halogens is 2. The first-order valence-electron chi connectivity index (χ1n) is 4.20. The lowest BCUT2D eigenvalue weighted by Crippen LogP contribution is -2.33. The molecule has 3 nitrogen and oxygen atoms in total. The highest BCUT2D eigenvalue weighted by atomic mass is 35.5. The normalized spacial score (nSPS) is 16.4. The van der Waals surface area contributed by atoms with E-state index in [1.54, 1.807) is 18.2 Å². The van der Waals surface area contributed by atoms with Crippen LogP contribution in [0.25, 0.3) is 0 Å². The van der Waals surface area contributed by atoms with E-state index in [1.165, 1.54) is 5.01 Å². The minimum atomic E-state index is 0.0448. The second-order valence-corrected chi connectivity index (χ2v) is 3.80. The molecule has 1 heterocycles. The van der Waals surface area contributed by atoms with Crippen LogP contribution in [0.3, 0.4) is 0 Å². The van der Waals surface area contributed by atoms with Crippen LogP contribution in [0.2, 0.25) is 10.0 Å². The van der Waals surface area contributed by atoms with Crippen LogP contribution >= 0.6 is 23.2 Å². The van der Waals surface area contributed by atoms with Crippen LogP contribution in [0.5, 0.6) is 0 Å². The Balaban J connectivity index is 2.32. The third-order valence-corrected chi connectivity index (χ3v) is 2.76. The average Bonchev–Trinajstić information content (AvgIpc) is 2.57. The predicted molar refractivity (Wildman–Crippen MR) is 56.6 cm³/mol. The number of hydrazine groups is 1. The lowest BCUT2D eigenvalue weighted by molar-refractivity contribution is -0.117. The molecule has 0 aromatic heterocycles. The summed E-state index contributed by atoms with van der Waals surface area (Å²) >= 11 is 11.6. The van der Waals surface area contributed by atoms with E-state index < -0.39 is 0 Å². The summed E-state index contributed by atoms with van der Waals surface area (Å²) in [5, 5.41) is 2.43. The van der Waals surface area contributed by atoms with Gasteiger partial charge in [0.1, 0.15) is 0 Å².